The molecule has 0 fully saturated rings. The molecule has 3 N–H and O–H groups in total. The van der Waals surface area contributed by atoms with Crippen LogP contribution in [0.25, 0.3) is 0 Å². The molecular formula is C9H13N7O3S. The fraction of sp³-hybridized carbons (Fsp3) is 0.333. The molecular weight excluding hydrogens is 286 g/mol. The summed E-state index contributed by atoms with van der Waals surface area (Å²) in [6.07, 6.45) is 3.58. The largest absolute Gasteiger partial charge is 0.396 e. The van der Waals surface area contributed by atoms with Crippen molar-refractivity contribution in [2.45, 2.75) is 13.5 Å². The highest BCUT2D eigenvalue weighted by atomic mass is 32.2. The monoisotopic (exact) mass is 299 g/mol. The van der Waals surface area contributed by atoms with E-state index in [1.54, 1.807) is 6.92 Å². The van der Waals surface area contributed by atoms with Crippen LogP contribution in [0.3, 0.4) is 0 Å². The van der Waals surface area contributed by atoms with Crippen LogP contribution in [-0.4, -0.2) is 45.4 Å². The summed E-state index contributed by atoms with van der Waals surface area (Å²) in [7, 11) is -3.43. The fourth-order valence-corrected chi connectivity index (χ4v) is 1.95. The highest BCUT2D eigenvalue weighted by Crippen LogP contribution is 2.08. The van der Waals surface area contributed by atoms with Gasteiger partial charge in [0.1, 0.15) is 6.54 Å². The van der Waals surface area contributed by atoms with Gasteiger partial charge in [0.25, 0.3) is 5.91 Å². The molecule has 0 aliphatic carbocycles. The Morgan fingerprint density at radius 1 is 1.40 bits per heavy atom. The molecule has 11 heteroatoms. The first-order valence-corrected chi connectivity index (χ1v) is 7.36. The number of hydrogen-bond acceptors (Lipinski definition) is 7. The van der Waals surface area contributed by atoms with Crippen LogP contribution in [0.2, 0.25) is 0 Å². The van der Waals surface area contributed by atoms with Crippen molar-refractivity contribution >= 4 is 27.4 Å². The third-order valence-electron chi connectivity index (χ3n) is 2.39. The van der Waals surface area contributed by atoms with E-state index < -0.39 is 10.0 Å². The molecule has 0 saturated carbocycles. The number of sulfonamides is 1. The molecule has 0 unspecified atom stereocenters. The van der Waals surface area contributed by atoms with E-state index in [0.717, 1.165) is 15.7 Å². The minimum absolute atomic E-state index is 0.0389. The first-order valence-electron chi connectivity index (χ1n) is 5.47. The van der Waals surface area contributed by atoms with Gasteiger partial charge < -0.3 is 5.73 Å². The quantitative estimate of drug-likeness (QED) is 0.744. The predicted octanol–water partition coefficient (Wildman–Crippen LogP) is -0.923. The highest BCUT2D eigenvalue weighted by Gasteiger charge is 2.14. The Bertz CT molecular complexity index is 745. The number of hydrogen-bond donors (Lipinski definition) is 2. The van der Waals surface area contributed by atoms with Crippen molar-refractivity contribution in [1.82, 2.24) is 24.8 Å². The van der Waals surface area contributed by atoms with Crippen molar-refractivity contribution in [1.29, 1.82) is 0 Å². The molecule has 2 aromatic heterocycles. The predicted molar refractivity (Wildman–Crippen MR) is 70.5 cm³/mol. The van der Waals surface area contributed by atoms with Crippen LogP contribution in [0.5, 0.6) is 0 Å². The van der Waals surface area contributed by atoms with Crippen LogP contribution in [0.4, 0.5) is 11.5 Å². The first kappa shape index (κ1) is 14.0. The van der Waals surface area contributed by atoms with Crippen LogP contribution in [0.1, 0.15) is 10.5 Å². The van der Waals surface area contributed by atoms with E-state index in [9.17, 15) is 13.2 Å². The third-order valence-corrected chi connectivity index (χ3v) is 2.97. The normalized spacial score (nSPS) is 11.5. The van der Waals surface area contributed by atoms with Crippen molar-refractivity contribution in [3.05, 3.63) is 18.1 Å². The van der Waals surface area contributed by atoms with Crippen molar-refractivity contribution < 1.29 is 13.2 Å². The summed E-state index contributed by atoms with van der Waals surface area (Å²) in [5.41, 5.74) is 6.53. The molecule has 108 valence electrons. The molecule has 2 aromatic rings. The van der Waals surface area contributed by atoms with Crippen LogP contribution >= 0.6 is 0 Å². The van der Waals surface area contributed by atoms with Gasteiger partial charge in [-0.3, -0.25) is 9.52 Å². The number of anilines is 2. The van der Waals surface area contributed by atoms with E-state index in [0.29, 0.717) is 11.4 Å². The van der Waals surface area contributed by atoms with Crippen LogP contribution < -0.4 is 10.5 Å². The minimum Gasteiger partial charge on any atom is -0.396 e. The van der Waals surface area contributed by atoms with Gasteiger partial charge >= 0.3 is 0 Å². The molecule has 0 saturated heterocycles. The van der Waals surface area contributed by atoms with E-state index in [1.165, 1.54) is 12.4 Å². The molecule has 0 atom stereocenters. The Morgan fingerprint density at radius 2 is 2.10 bits per heavy atom. The number of carbonyl (C=O) groups is 1. The maximum atomic E-state index is 11.9. The molecule has 2 rings (SSSR count). The zero-order chi connectivity index (χ0) is 14.9. The standard InChI is InChI=1S/C9H13N7O3S/c1-6-7(10)3-12-16(6)9(17)5-15-11-4-8(13-15)14-20(2,18)19/h3-4H,5,10H2,1-2H3,(H,13,14). The number of nitrogen functional groups attached to an aromatic ring is 1. The molecule has 20 heavy (non-hydrogen) atoms. The number of carbonyl (C=O) groups excluding carboxylic acids is 1. The van der Waals surface area contributed by atoms with Gasteiger partial charge in [0, 0.05) is 0 Å². The van der Waals surface area contributed by atoms with Crippen molar-refractivity contribution in [3.8, 4) is 0 Å². The van der Waals surface area contributed by atoms with E-state index in [2.05, 4.69) is 20.0 Å². The van der Waals surface area contributed by atoms with Crippen molar-refractivity contribution in [3.63, 3.8) is 0 Å². The number of nitrogens with one attached hydrogen (secondary N) is 1. The summed E-state index contributed by atoms with van der Waals surface area (Å²) in [5.74, 6) is -0.349. The Morgan fingerprint density at radius 3 is 2.65 bits per heavy atom. The summed E-state index contributed by atoms with van der Waals surface area (Å²) in [6.45, 7) is 1.47. The second kappa shape index (κ2) is 4.92. The average Bonchev–Trinajstić information content (AvgIpc) is 2.86. The molecule has 2 heterocycles. The van der Waals surface area contributed by atoms with E-state index in [1.807, 2.05) is 0 Å². The van der Waals surface area contributed by atoms with Gasteiger partial charge in [-0.2, -0.15) is 15.0 Å². The lowest BCUT2D eigenvalue weighted by Crippen LogP contribution is -2.22. The smallest absolute Gasteiger partial charge is 0.270 e. The van der Waals surface area contributed by atoms with Gasteiger partial charge in [0.15, 0.2) is 5.82 Å². The Balaban J connectivity index is 2.11. The first-order chi connectivity index (χ1) is 9.26. The van der Waals surface area contributed by atoms with Gasteiger partial charge in [0.05, 0.1) is 30.0 Å². The summed E-state index contributed by atoms with van der Waals surface area (Å²) < 4.78 is 25.3. The van der Waals surface area contributed by atoms with Crippen molar-refractivity contribution in [2.75, 3.05) is 16.7 Å². The number of rotatable bonds is 4. The molecule has 0 aliphatic rings. The van der Waals surface area contributed by atoms with E-state index >= 15 is 0 Å². The van der Waals surface area contributed by atoms with Crippen LogP contribution in [0, 0.1) is 6.92 Å². The molecule has 0 bridgehead atoms. The van der Waals surface area contributed by atoms with Gasteiger partial charge in [-0.05, 0) is 6.92 Å². The number of nitrogens with zero attached hydrogens (tertiary/aromatic N) is 5. The number of nitrogens with two attached hydrogens (primary N) is 1. The maximum Gasteiger partial charge on any atom is 0.270 e. The summed E-state index contributed by atoms with van der Waals surface area (Å²) in [4.78, 5) is 13.0. The lowest BCUT2D eigenvalue weighted by Gasteiger charge is -2.02. The molecule has 0 spiro atoms. The Kier molecular flexibility index (Phi) is 3.44. The van der Waals surface area contributed by atoms with Gasteiger partial charge in [0.2, 0.25) is 10.0 Å². The highest BCUT2D eigenvalue weighted by molar-refractivity contribution is 7.92. The lowest BCUT2D eigenvalue weighted by molar-refractivity contribution is 0.0862. The van der Waals surface area contributed by atoms with Gasteiger partial charge in [-0.1, -0.05) is 0 Å². The zero-order valence-corrected chi connectivity index (χ0v) is 11.6. The second-order valence-corrected chi connectivity index (χ2v) is 5.87. The van der Waals surface area contributed by atoms with Crippen molar-refractivity contribution in [2.24, 2.45) is 0 Å². The van der Waals surface area contributed by atoms with Gasteiger partial charge in [-0.15, -0.1) is 5.10 Å². The molecule has 0 radical (unpaired) electrons. The van der Waals surface area contributed by atoms with E-state index in [4.69, 9.17) is 5.73 Å². The SMILES string of the molecule is Cc1c(N)cnn1C(=O)Cn1ncc(NS(C)(=O)=O)n1. The third kappa shape index (κ3) is 3.12. The van der Waals surface area contributed by atoms with Crippen LogP contribution in [0.15, 0.2) is 12.4 Å². The summed E-state index contributed by atoms with van der Waals surface area (Å²) in [6, 6.07) is 0. The molecule has 0 aliphatic heterocycles. The lowest BCUT2D eigenvalue weighted by atomic mass is 10.4. The topological polar surface area (TPSA) is 138 Å². The second-order valence-electron chi connectivity index (χ2n) is 4.13. The zero-order valence-electron chi connectivity index (χ0n) is 10.8. The van der Waals surface area contributed by atoms with Gasteiger partial charge in [-0.25, -0.2) is 13.1 Å². The summed E-state index contributed by atoms with van der Waals surface area (Å²) in [5, 5.41) is 11.4. The van der Waals surface area contributed by atoms with E-state index in [-0.39, 0.29) is 18.3 Å². The molecule has 0 aromatic carbocycles. The minimum atomic E-state index is -3.43. The average molecular weight is 299 g/mol. The Labute approximate surface area is 114 Å². The fourth-order valence-electron chi connectivity index (χ4n) is 1.47. The molecule has 0 amide bonds. The number of aromatic nitrogens is 5. The molecule has 10 nitrogen and oxygen atoms in total. The summed E-state index contributed by atoms with van der Waals surface area (Å²) >= 11 is 0. The maximum absolute atomic E-state index is 11.9. The Hall–Kier alpha value is -2.43. The van der Waals surface area contributed by atoms with Crippen LogP contribution in [-0.2, 0) is 16.6 Å².